The molecule has 2 rings (SSSR count). The number of ether oxygens (including phenoxy) is 1. The summed E-state index contributed by atoms with van der Waals surface area (Å²) in [5, 5.41) is 0. The summed E-state index contributed by atoms with van der Waals surface area (Å²) in [4.78, 5) is 4.55. The zero-order valence-corrected chi connectivity index (χ0v) is 15.7. The van der Waals surface area contributed by atoms with Crippen LogP contribution in [0, 0.1) is 3.57 Å². The first-order valence-electron chi connectivity index (χ1n) is 7.47. The number of benzene rings is 2. The molecule has 0 fully saturated rings. The Bertz CT molecular complexity index is 654. The Balaban J connectivity index is 2.13. The van der Waals surface area contributed by atoms with Gasteiger partial charge >= 0.3 is 0 Å². The van der Waals surface area contributed by atoms with Crippen molar-refractivity contribution in [2.75, 3.05) is 6.61 Å². The van der Waals surface area contributed by atoms with E-state index in [1.54, 1.807) is 0 Å². The van der Waals surface area contributed by atoms with Crippen LogP contribution in [0.1, 0.15) is 38.8 Å². The molecule has 0 amide bonds. The number of halogens is 1. The molecule has 2 aromatic carbocycles. The third-order valence-electron chi connectivity index (χ3n) is 3.35. The lowest BCUT2D eigenvalue weighted by Crippen LogP contribution is -2.10. The van der Waals surface area contributed by atoms with Crippen molar-refractivity contribution in [1.29, 1.82) is 0 Å². The third kappa shape index (κ3) is 4.57. The van der Waals surface area contributed by atoms with Gasteiger partial charge in [-0.25, -0.2) is 0 Å². The molecule has 0 unspecified atom stereocenters. The first-order valence-corrected chi connectivity index (χ1v) is 8.55. The highest BCUT2D eigenvalue weighted by Gasteiger charge is 2.12. The van der Waals surface area contributed by atoms with Crippen LogP contribution in [0.25, 0.3) is 0 Å². The van der Waals surface area contributed by atoms with Gasteiger partial charge in [0.1, 0.15) is 5.75 Å². The van der Waals surface area contributed by atoms with Crippen LogP contribution < -0.4 is 4.74 Å². The molecule has 0 saturated carbocycles. The molecule has 0 spiro atoms. The highest BCUT2D eigenvalue weighted by Crippen LogP contribution is 2.25. The first kappa shape index (κ1) is 17.0. The van der Waals surface area contributed by atoms with Gasteiger partial charge in [-0.1, -0.05) is 32.9 Å². The normalized spacial score (nSPS) is 11.9. The van der Waals surface area contributed by atoms with E-state index in [-0.39, 0.29) is 5.41 Å². The molecule has 3 heteroatoms. The fraction of sp³-hybridized carbons (Fsp3) is 0.316. The summed E-state index contributed by atoms with van der Waals surface area (Å²) >= 11 is 2.29. The van der Waals surface area contributed by atoms with E-state index < -0.39 is 0 Å². The third-order valence-corrected chi connectivity index (χ3v) is 4.19. The second kappa shape index (κ2) is 7.27. The molecule has 116 valence electrons. The summed E-state index contributed by atoms with van der Waals surface area (Å²) in [7, 11) is 0. The number of hydrogen-bond acceptors (Lipinski definition) is 2. The highest BCUT2D eigenvalue weighted by atomic mass is 127. The molecule has 22 heavy (non-hydrogen) atoms. The van der Waals surface area contributed by atoms with Crippen molar-refractivity contribution in [2.24, 2.45) is 4.99 Å². The van der Waals surface area contributed by atoms with Gasteiger partial charge in [0.2, 0.25) is 0 Å². The summed E-state index contributed by atoms with van der Waals surface area (Å²) < 4.78 is 6.65. The minimum Gasteiger partial charge on any atom is -0.493 e. The van der Waals surface area contributed by atoms with Crippen molar-refractivity contribution < 1.29 is 4.74 Å². The Morgan fingerprint density at radius 3 is 2.32 bits per heavy atom. The van der Waals surface area contributed by atoms with Gasteiger partial charge in [0.05, 0.1) is 15.9 Å². The van der Waals surface area contributed by atoms with E-state index in [9.17, 15) is 0 Å². The highest BCUT2D eigenvalue weighted by molar-refractivity contribution is 14.1. The molecule has 0 radical (unpaired) electrons. The van der Waals surface area contributed by atoms with Gasteiger partial charge in [0.15, 0.2) is 0 Å². The summed E-state index contributed by atoms with van der Waals surface area (Å²) in [6, 6.07) is 14.5. The second-order valence-electron chi connectivity index (χ2n) is 6.18. The van der Waals surface area contributed by atoms with Crippen molar-refractivity contribution >= 4 is 34.5 Å². The van der Waals surface area contributed by atoms with Gasteiger partial charge in [0.25, 0.3) is 0 Å². The van der Waals surface area contributed by atoms with E-state index in [2.05, 4.69) is 78.7 Å². The molecule has 0 N–H and O–H groups in total. The maximum atomic E-state index is 5.55. The van der Waals surface area contributed by atoms with Crippen LogP contribution in [0.15, 0.2) is 47.5 Å². The Morgan fingerprint density at radius 2 is 1.77 bits per heavy atom. The minimum atomic E-state index is 0.174. The number of aliphatic imine (C=N–C) groups is 1. The largest absolute Gasteiger partial charge is 0.493 e. The topological polar surface area (TPSA) is 21.6 Å². The maximum Gasteiger partial charge on any atom is 0.132 e. The fourth-order valence-electron chi connectivity index (χ4n) is 2.07. The average molecular weight is 407 g/mol. The van der Waals surface area contributed by atoms with E-state index in [1.807, 2.05) is 25.3 Å². The van der Waals surface area contributed by atoms with Crippen LogP contribution in [0.5, 0.6) is 5.75 Å². The molecule has 0 atom stereocenters. The standard InChI is InChI=1S/C19H22INO/c1-5-22-18-11-6-14(12-17(18)20)13-21-16-9-7-15(8-10-16)19(2,3)4/h6-13H,5H2,1-4H3. The quantitative estimate of drug-likeness (QED) is 0.468. The van der Waals surface area contributed by atoms with Crippen LogP contribution in [0.4, 0.5) is 5.69 Å². The van der Waals surface area contributed by atoms with Gasteiger partial charge in [0, 0.05) is 6.21 Å². The number of nitrogens with zero attached hydrogens (tertiary/aromatic N) is 1. The Morgan fingerprint density at radius 1 is 1.09 bits per heavy atom. The maximum absolute atomic E-state index is 5.55. The fourth-order valence-corrected chi connectivity index (χ4v) is 2.76. The molecule has 0 saturated heterocycles. The van der Waals surface area contributed by atoms with Crippen LogP contribution in [-0.4, -0.2) is 12.8 Å². The molecule has 0 aliphatic carbocycles. The smallest absolute Gasteiger partial charge is 0.132 e. The number of hydrogen-bond donors (Lipinski definition) is 0. The van der Waals surface area contributed by atoms with Crippen LogP contribution >= 0.6 is 22.6 Å². The summed E-state index contributed by atoms with van der Waals surface area (Å²) in [6.07, 6.45) is 1.89. The summed E-state index contributed by atoms with van der Waals surface area (Å²) in [6.45, 7) is 9.32. The molecule has 0 aliphatic rings. The molecule has 0 heterocycles. The van der Waals surface area contributed by atoms with E-state index in [1.165, 1.54) is 5.56 Å². The van der Waals surface area contributed by atoms with Crippen molar-refractivity contribution in [1.82, 2.24) is 0 Å². The summed E-state index contributed by atoms with van der Waals surface area (Å²) in [5.41, 5.74) is 3.54. The molecule has 0 bridgehead atoms. The molecule has 2 aromatic rings. The van der Waals surface area contributed by atoms with E-state index in [0.717, 1.165) is 20.6 Å². The zero-order chi connectivity index (χ0) is 16.2. The molecule has 0 aliphatic heterocycles. The van der Waals surface area contributed by atoms with Gasteiger partial charge in [-0.2, -0.15) is 0 Å². The molecular weight excluding hydrogens is 385 g/mol. The molecule has 2 nitrogen and oxygen atoms in total. The molecule has 0 aromatic heterocycles. The molecular formula is C19H22INO. The van der Waals surface area contributed by atoms with Crippen LogP contribution in [0.3, 0.4) is 0 Å². The lowest BCUT2D eigenvalue weighted by atomic mass is 9.87. The minimum absolute atomic E-state index is 0.174. The van der Waals surface area contributed by atoms with Crippen molar-refractivity contribution in [3.8, 4) is 5.75 Å². The Labute approximate surface area is 146 Å². The monoisotopic (exact) mass is 407 g/mol. The average Bonchev–Trinajstić information content (AvgIpc) is 2.47. The van der Waals surface area contributed by atoms with E-state index >= 15 is 0 Å². The zero-order valence-electron chi connectivity index (χ0n) is 13.6. The Kier molecular flexibility index (Phi) is 5.62. The Hall–Kier alpha value is -1.36. The first-order chi connectivity index (χ1) is 10.4. The van der Waals surface area contributed by atoms with Crippen LogP contribution in [0.2, 0.25) is 0 Å². The van der Waals surface area contributed by atoms with E-state index in [0.29, 0.717) is 6.61 Å². The van der Waals surface area contributed by atoms with Crippen molar-refractivity contribution in [3.63, 3.8) is 0 Å². The van der Waals surface area contributed by atoms with Gasteiger partial charge in [-0.05, 0) is 76.4 Å². The van der Waals surface area contributed by atoms with E-state index in [4.69, 9.17) is 4.74 Å². The lowest BCUT2D eigenvalue weighted by molar-refractivity contribution is 0.338. The van der Waals surface area contributed by atoms with Gasteiger partial charge < -0.3 is 4.74 Å². The van der Waals surface area contributed by atoms with Gasteiger partial charge in [-0.3, -0.25) is 4.99 Å². The SMILES string of the molecule is CCOc1ccc(C=Nc2ccc(C(C)(C)C)cc2)cc1I. The second-order valence-corrected chi connectivity index (χ2v) is 7.34. The van der Waals surface area contributed by atoms with Gasteiger partial charge in [-0.15, -0.1) is 0 Å². The van der Waals surface area contributed by atoms with Crippen molar-refractivity contribution in [2.45, 2.75) is 33.1 Å². The predicted molar refractivity (Wildman–Crippen MR) is 103 cm³/mol. The predicted octanol–water partition coefficient (Wildman–Crippen LogP) is 5.74. The number of rotatable bonds is 4. The summed E-state index contributed by atoms with van der Waals surface area (Å²) in [5.74, 6) is 0.926. The van der Waals surface area contributed by atoms with Crippen molar-refractivity contribution in [3.05, 3.63) is 57.2 Å². The van der Waals surface area contributed by atoms with Crippen LogP contribution in [-0.2, 0) is 5.41 Å². The lowest BCUT2D eigenvalue weighted by Gasteiger charge is -2.18.